The van der Waals surface area contributed by atoms with Crippen molar-refractivity contribution in [1.29, 1.82) is 5.26 Å². The Balaban J connectivity index is 0.995. The Morgan fingerprint density at radius 1 is 0.268 bits per heavy atom. The topological polar surface area (TPSA) is 88.2 Å². The molecular formula is C50H32N6. The minimum atomic E-state index is 0.607. The molecule has 2 heterocycles. The van der Waals surface area contributed by atoms with Crippen LogP contribution in [0.4, 0.5) is 0 Å². The summed E-state index contributed by atoms with van der Waals surface area (Å²) in [4.78, 5) is 24.1. The third-order valence-electron chi connectivity index (χ3n) is 9.75. The number of nitrogens with zero attached hydrogens (tertiary/aromatic N) is 6. The van der Waals surface area contributed by atoms with E-state index in [0.717, 1.165) is 66.8 Å². The highest BCUT2D eigenvalue weighted by atomic mass is 15.0. The van der Waals surface area contributed by atoms with E-state index < -0.39 is 0 Å². The zero-order valence-corrected chi connectivity index (χ0v) is 30.2. The molecule has 9 aromatic rings. The summed E-state index contributed by atoms with van der Waals surface area (Å²) in [5.74, 6) is 2.46. The van der Waals surface area contributed by atoms with Crippen LogP contribution in [-0.2, 0) is 0 Å². The van der Waals surface area contributed by atoms with Crippen molar-refractivity contribution in [1.82, 2.24) is 24.9 Å². The molecule has 6 heteroatoms. The molecule has 0 saturated heterocycles. The van der Waals surface area contributed by atoms with Gasteiger partial charge in [-0.1, -0.05) is 158 Å². The number of aromatic nitrogens is 5. The molecule has 6 nitrogen and oxygen atoms in total. The summed E-state index contributed by atoms with van der Waals surface area (Å²) in [6.07, 6.45) is 3.66. The highest BCUT2D eigenvalue weighted by molar-refractivity contribution is 5.75. The van der Waals surface area contributed by atoms with Crippen LogP contribution in [0.15, 0.2) is 194 Å². The average Bonchev–Trinajstić information content (AvgIpc) is 3.30. The molecule has 0 atom stereocenters. The third-order valence-corrected chi connectivity index (χ3v) is 9.75. The Labute approximate surface area is 325 Å². The molecule has 0 amide bonds. The molecule has 0 aliphatic heterocycles. The Kier molecular flexibility index (Phi) is 9.23. The number of benzene rings is 7. The summed E-state index contributed by atoms with van der Waals surface area (Å²) < 4.78 is 0. The van der Waals surface area contributed by atoms with Gasteiger partial charge in [0, 0.05) is 40.2 Å². The molecule has 0 fully saturated rings. The zero-order chi connectivity index (χ0) is 37.7. The minimum absolute atomic E-state index is 0.607. The van der Waals surface area contributed by atoms with Crippen LogP contribution >= 0.6 is 0 Å². The van der Waals surface area contributed by atoms with Crippen LogP contribution in [0.25, 0.3) is 90.1 Å². The smallest absolute Gasteiger partial charge is 0.164 e. The molecule has 0 bridgehead atoms. The van der Waals surface area contributed by atoms with Crippen molar-refractivity contribution < 1.29 is 0 Å². The Hall–Kier alpha value is -7.88. The predicted octanol–water partition coefficient (Wildman–Crippen LogP) is 11.9. The lowest BCUT2D eigenvalue weighted by atomic mass is 10.0. The first kappa shape index (κ1) is 33.9. The van der Waals surface area contributed by atoms with Crippen LogP contribution < -0.4 is 0 Å². The van der Waals surface area contributed by atoms with Crippen LogP contribution in [0.1, 0.15) is 5.56 Å². The molecule has 262 valence electrons. The Bertz CT molecular complexity index is 2680. The number of rotatable bonds is 8. The van der Waals surface area contributed by atoms with Crippen molar-refractivity contribution in [3.8, 4) is 96.1 Å². The first-order valence-corrected chi connectivity index (χ1v) is 18.3. The molecule has 0 aliphatic rings. The standard InChI is InChI=1S/C50H32N6/c51-31-34-11-13-42(14-12-34)47-52-32-46(33-53-47)41-17-15-39(16-18-41)40-23-29-45(30-24-40)50-55-48(43-25-19-37(20-26-43)35-7-3-1-4-8-35)54-49(56-50)44-27-21-38(22-28-44)36-9-5-2-6-10-36/h1-30,32-33H. The van der Waals surface area contributed by atoms with Crippen molar-refractivity contribution in [3.63, 3.8) is 0 Å². The van der Waals surface area contributed by atoms with Gasteiger partial charge in [-0.25, -0.2) is 24.9 Å². The second-order valence-corrected chi connectivity index (χ2v) is 13.3. The fraction of sp³-hybridized carbons (Fsp3) is 0. The Morgan fingerprint density at radius 2 is 0.536 bits per heavy atom. The molecule has 0 aliphatic carbocycles. The SMILES string of the molecule is N#Cc1ccc(-c2ncc(-c3ccc(-c4ccc(-c5nc(-c6ccc(-c7ccccc7)cc6)nc(-c6ccc(-c7ccccc7)cc6)n5)cc4)cc3)cn2)cc1. The van der Waals surface area contributed by atoms with Crippen LogP contribution in [0.2, 0.25) is 0 Å². The zero-order valence-electron chi connectivity index (χ0n) is 30.2. The molecule has 2 aromatic heterocycles. The van der Waals surface area contributed by atoms with Gasteiger partial charge in [-0.15, -0.1) is 0 Å². The monoisotopic (exact) mass is 716 g/mol. The van der Waals surface area contributed by atoms with Gasteiger partial charge in [0.1, 0.15) is 0 Å². The fourth-order valence-corrected chi connectivity index (χ4v) is 6.63. The van der Waals surface area contributed by atoms with E-state index in [2.05, 4.69) is 137 Å². The molecule has 7 aromatic carbocycles. The van der Waals surface area contributed by atoms with Crippen molar-refractivity contribution in [2.45, 2.75) is 0 Å². The summed E-state index contributed by atoms with van der Waals surface area (Å²) in [7, 11) is 0. The quantitative estimate of drug-likeness (QED) is 0.156. The largest absolute Gasteiger partial charge is 0.236 e. The van der Waals surface area contributed by atoms with Crippen LogP contribution in [-0.4, -0.2) is 24.9 Å². The Morgan fingerprint density at radius 3 is 0.875 bits per heavy atom. The van der Waals surface area contributed by atoms with Crippen molar-refractivity contribution >= 4 is 0 Å². The maximum absolute atomic E-state index is 9.08. The summed E-state index contributed by atoms with van der Waals surface area (Å²) in [6, 6.07) is 63.6. The molecule has 0 radical (unpaired) electrons. The highest BCUT2D eigenvalue weighted by Crippen LogP contribution is 2.31. The van der Waals surface area contributed by atoms with Crippen molar-refractivity contribution in [2.75, 3.05) is 0 Å². The second-order valence-electron chi connectivity index (χ2n) is 13.3. The van der Waals surface area contributed by atoms with E-state index in [1.165, 1.54) is 0 Å². The van der Waals surface area contributed by atoms with Gasteiger partial charge in [-0.05, 0) is 63.2 Å². The summed E-state index contributed by atoms with van der Waals surface area (Å²) in [5.41, 5.74) is 12.9. The minimum Gasteiger partial charge on any atom is -0.236 e. The van der Waals surface area contributed by atoms with Crippen molar-refractivity contribution in [3.05, 3.63) is 200 Å². The van der Waals surface area contributed by atoms with Gasteiger partial charge < -0.3 is 0 Å². The fourth-order valence-electron chi connectivity index (χ4n) is 6.63. The first-order chi connectivity index (χ1) is 27.7. The second kappa shape index (κ2) is 15.2. The van der Waals surface area contributed by atoms with Gasteiger partial charge in [0.25, 0.3) is 0 Å². The summed E-state index contributed by atoms with van der Waals surface area (Å²) in [6.45, 7) is 0. The van der Waals surface area contributed by atoms with Gasteiger partial charge in [0.05, 0.1) is 11.6 Å². The van der Waals surface area contributed by atoms with E-state index in [0.29, 0.717) is 28.9 Å². The molecule has 0 saturated carbocycles. The lowest BCUT2D eigenvalue weighted by molar-refractivity contribution is 1.07. The lowest BCUT2D eigenvalue weighted by Crippen LogP contribution is -2.00. The van der Waals surface area contributed by atoms with E-state index in [1.807, 2.05) is 60.9 Å². The third kappa shape index (κ3) is 7.21. The molecule has 0 spiro atoms. The molecule has 56 heavy (non-hydrogen) atoms. The van der Waals surface area contributed by atoms with E-state index >= 15 is 0 Å². The average molecular weight is 717 g/mol. The van der Waals surface area contributed by atoms with Gasteiger partial charge in [0.2, 0.25) is 0 Å². The normalized spacial score (nSPS) is 10.8. The molecular weight excluding hydrogens is 685 g/mol. The summed E-state index contributed by atoms with van der Waals surface area (Å²) in [5, 5.41) is 9.08. The van der Waals surface area contributed by atoms with E-state index in [-0.39, 0.29) is 0 Å². The van der Waals surface area contributed by atoms with Crippen molar-refractivity contribution in [2.24, 2.45) is 0 Å². The number of nitriles is 1. The molecule has 9 rings (SSSR count). The molecule has 0 unspecified atom stereocenters. The predicted molar refractivity (Wildman–Crippen MR) is 224 cm³/mol. The highest BCUT2D eigenvalue weighted by Gasteiger charge is 2.14. The molecule has 0 N–H and O–H groups in total. The maximum Gasteiger partial charge on any atom is 0.164 e. The lowest BCUT2D eigenvalue weighted by Gasteiger charge is -2.10. The van der Waals surface area contributed by atoms with Gasteiger partial charge in [-0.2, -0.15) is 5.26 Å². The number of hydrogen-bond acceptors (Lipinski definition) is 6. The van der Waals surface area contributed by atoms with E-state index in [4.69, 9.17) is 20.2 Å². The van der Waals surface area contributed by atoms with Gasteiger partial charge in [-0.3, -0.25) is 0 Å². The van der Waals surface area contributed by atoms with Crippen LogP contribution in [0.5, 0.6) is 0 Å². The van der Waals surface area contributed by atoms with Crippen LogP contribution in [0, 0.1) is 11.3 Å². The first-order valence-electron chi connectivity index (χ1n) is 18.3. The number of hydrogen-bond donors (Lipinski definition) is 0. The van der Waals surface area contributed by atoms with E-state index in [1.54, 1.807) is 12.1 Å². The van der Waals surface area contributed by atoms with Gasteiger partial charge in [0.15, 0.2) is 23.3 Å². The van der Waals surface area contributed by atoms with Gasteiger partial charge >= 0.3 is 0 Å². The van der Waals surface area contributed by atoms with E-state index in [9.17, 15) is 0 Å². The maximum atomic E-state index is 9.08. The summed E-state index contributed by atoms with van der Waals surface area (Å²) >= 11 is 0. The van der Waals surface area contributed by atoms with Crippen LogP contribution in [0.3, 0.4) is 0 Å².